The minimum absolute atomic E-state index is 0.520. The van der Waals surface area contributed by atoms with Crippen LogP contribution in [0.25, 0.3) is 17.2 Å². The first-order chi connectivity index (χ1) is 11.4. The molecule has 5 rings (SSSR count). The summed E-state index contributed by atoms with van der Waals surface area (Å²) in [6.07, 6.45) is 6.97. The Labute approximate surface area is 137 Å². The largest absolute Gasteiger partial charge is 0.0836 e. The van der Waals surface area contributed by atoms with Gasteiger partial charge in [-0.15, -0.1) is 0 Å². The van der Waals surface area contributed by atoms with Crippen LogP contribution in [0.15, 0.2) is 72.8 Å². The number of hydrogen-bond donors (Lipinski definition) is 0. The van der Waals surface area contributed by atoms with E-state index in [-0.39, 0.29) is 0 Å². The fourth-order valence-electron chi connectivity index (χ4n) is 4.01. The summed E-state index contributed by atoms with van der Waals surface area (Å²) >= 11 is 0. The second kappa shape index (κ2) is 4.96. The zero-order valence-corrected chi connectivity index (χ0v) is 13.0. The van der Waals surface area contributed by atoms with E-state index < -0.39 is 0 Å². The highest BCUT2D eigenvalue weighted by molar-refractivity contribution is 5.78. The molecule has 110 valence electrons. The average molecular weight is 294 g/mol. The molecular formula is C23H18. The second-order valence-corrected chi connectivity index (χ2v) is 6.46. The number of fused-ring (bicyclic) bond motifs is 2. The first-order valence-electron chi connectivity index (χ1n) is 8.40. The number of benzene rings is 3. The summed E-state index contributed by atoms with van der Waals surface area (Å²) in [5.74, 6) is 0.520. The van der Waals surface area contributed by atoms with E-state index in [0.29, 0.717) is 5.92 Å². The second-order valence-electron chi connectivity index (χ2n) is 6.46. The SMILES string of the molecule is C1=Cc2c(C3c4ccccc43)ccc(-c3ccccc3)c2CC1. The van der Waals surface area contributed by atoms with Gasteiger partial charge in [-0.25, -0.2) is 0 Å². The van der Waals surface area contributed by atoms with E-state index in [1.165, 1.54) is 38.9 Å². The summed E-state index contributed by atoms with van der Waals surface area (Å²) in [5.41, 5.74) is 10.2. The van der Waals surface area contributed by atoms with Crippen LogP contribution in [-0.4, -0.2) is 0 Å². The highest BCUT2D eigenvalue weighted by atomic mass is 14.4. The fraction of sp³-hybridized carbons (Fsp3) is 0.130. The topological polar surface area (TPSA) is 0 Å². The van der Waals surface area contributed by atoms with Gasteiger partial charge in [0.15, 0.2) is 0 Å². The lowest BCUT2D eigenvalue weighted by molar-refractivity contribution is 0.976. The van der Waals surface area contributed by atoms with E-state index in [2.05, 4.69) is 78.9 Å². The Balaban J connectivity index is 1.67. The van der Waals surface area contributed by atoms with Gasteiger partial charge >= 0.3 is 0 Å². The summed E-state index contributed by atoms with van der Waals surface area (Å²) in [7, 11) is 0. The van der Waals surface area contributed by atoms with Gasteiger partial charge in [0.25, 0.3) is 0 Å². The van der Waals surface area contributed by atoms with Gasteiger partial charge in [-0.2, -0.15) is 0 Å². The van der Waals surface area contributed by atoms with Crippen molar-refractivity contribution in [3.63, 3.8) is 0 Å². The molecule has 0 N–H and O–H groups in total. The molecule has 0 radical (unpaired) electrons. The van der Waals surface area contributed by atoms with Crippen molar-refractivity contribution in [1.82, 2.24) is 0 Å². The first kappa shape index (κ1) is 12.9. The Morgan fingerprint density at radius 2 is 1.43 bits per heavy atom. The molecule has 0 heterocycles. The van der Waals surface area contributed by atoms with Crippen LogP contribution in [0, 0.1) is 0 Å². The lowest BCUT2D eigenvalue weighted by atomic mass is 9.85. The number of hydrogen-bond acceptors (Lipinski definition) is 0. The van der Waals surface area contributed by atoms with Crippen LogP contribution >= 0.6 is 0 Å². The van der Waals surface area contributed by atoms with Crippen molar-refractivity contribution in [2.45, 2.75) is 18.8 Å². The zero-order valence-electron chi connectivity index (χ0n) is 13.0. The van der Waals surface area contributed by atoms with Crippen molar-refractivity contribution in [3.05, 3.63) is 101 Å². The summed E-state index contributed by atoms with van der Waals surface area (Å²) in [6, 6.07) is 24.3. The molecule has 0 saturated carbocycles. The van der Waals surface area contributed by atoms with Gasteiger partial charge < -0.3 is 0 Å². The minimum Gasteiger partial charge on any atom is -0.0836 e. The Hall–Kier alpha value is -2.60. The average Bonchev–Trinajstić information content (AvgIpc) is 3.36. The molecule has 0 nitrogen and oxygen atoms in total. The molecule has 0 heteroatoms. The van der Waals surface area contributed by atoms with E-state index >= 15 is 0 Å². The quantitative estimate of drug-likeness (QED) is 0.438. The third kappa shape index (κ3) is 1.98. The molecule has 0 aromatic heterocycles. The van der Waals surface area contributed by atoms with Crippen molar-refractivity contribution in [1.29, 1.82) is 0 Å². The van der Waals surface area contributed by atoms with Crippen LogP contribution in [0.4, 0.5) is 0 Å². The Bertz CT molecular complexity index is 893. The summed E-state index contributed by atoms with van der Waals surface area (Å²) in [6.45, 7) is 0. The summed E-state index contributed by atoms with van der Waals surface area (Å²) in [5, 5.41) is 0. The van der Waals surface area contributed by atoms with Gasteiger partial charge in [-0.3, -0.25) is 0 Å². The maximum atomic E-state index is 2.35. The van der Waals surface area contributed by atoms with Crippen LogP contribution in [-0.2, 0) is 6.42 Å². The fourth-order valence-corrected chi connectivity index (χ4v) is 4.01. The highest BCUT2D eigenvalue weighted by Gasteiger charge is 2.35. The zero-order chi connectivity index (χ0) is 15.2. The summed E-state index contributed by atoms with van der Waals surface area (Å²) in [4.78, 5) is 0. The van der Waals surface area contributed by atoms with Gasteiger partial charge in [0.05, 0.1) is 0 Å². The van der Waals surface area contributed by atoms with E-state index in [1.54, 1.807) is 0 Å². The van der Waals surface area contributed by atoms with Crippen molar-refractivity contribution in [2.24, 2.45) is 0 Å². The molecule has 0 unspecified atom stereocenters. The lowest BCUT2D eigenvalue weighted by Crippen LogP contribution is -2.02. The molecule has 0 atom stereocenters. The maximum absolute atomic E-state index is 2.35. The standard InChI is InChI=1S/C23H18/c1-2-8-16(9-3-1)17-14-15-22(19-11-5-4-10-18(17)19)23-20-12-6-7-13-21(20)23/h1-3,5-9,11-15,23H,4,10H2. The maximum Gasteiger partial charge on any atom is 0.0352 e. The van der Waals surface area contributed by atoms with Gasteiger partial charge in [0.1, 0.15) is 0 Å². The van der Waals surface area contributed by atoms with Gasteiger partial charge in [0.2, 0.25) is 0 Å². The molecule has 0 fully saturated rings. The minimum atomic E-state index is 0.520. The Morgan fingerprint density at radius 1 is 0.696 bits per heavy atom. The van der Waals surface area contributed by atoms with Gasteiger partial charge in [-0.1, -0.05) is 78.9 Å². The lowest BCUT2D eigenvalue weighted by Gasteiger charge is -2.19. The number of rotatable bonds is 2. The van der Waals surface area contributed by atoms with Crippen LogP contribution in [0.2, 0.25) is 0 Å². The van der Waals surface area contributed by atoms with Gasteiger partial charge in [0, 0.05) is 5.92 Å². The molecule has 0 spiro atoms. The molecule has 0 saturated heterocycles. The van der Waals surface area contributed by atoms with Crippen molar-refractivity contribution >= 4 is 6.08 Å². The molecule has 0 aliphatic heterocycles. The van der Waals surface area contributed by atoms with E-state index in [4.69, 9.17) is 0 Å². The normalized spacial score (nSPS) is 15.1. The Morgan fingerprint density at radius 3 is 2.22 bits per heavy atom. The molecule has 2 aliphatic carbocycles. The molecule has 23 heavy (non-hydrogen) atoms. The first-order valence-corrected chi connectivity index (χ1v) is 8.40. The monoisotopic (exact) mass is 294 g/mol. The predicted octanol–water partition coefficient (Wildman–Crippen LogP) is 5.81. The van der Waals surface area contributed by atoms with E-state index in [0.717, 1.165) is 12.8 Å². The molecule has 0 bridgehead atoms. The molecular weight excluding hydrogens is 276 g/mol. The smallest absolute Gasteiger partial charge is 0.0352 e. The molecule has 2 aliphatic rings. The van der Waals surface area contributed by atoms with E-state index in [1.807, 2.05) is 0 Å². The summed E-state index contributed by atoms with van der Waals surface area (Å²) < 4.78 is 0. The third-order valence-electron chi connectivity index (χ3n) is 5.17. The van der Waals surface area contributed by atoms with Crippen LogP contribution < -0.4 is 0 Å². The highest BCUT2D eigenvalue weighted by Crippen LogP contribution is 2.50. The molecule has 0 amide bonds. The van der Waals surface area contributed by atoms with Crippen LogP contribution in [0.5, 0.6) is 0 Å². The van der Waals surface area contributed by atoms with Crippen molar-refractivity contribution in [3.8, 4) is 11.1 Å². The predicted molar refractivity (Wildman–Crippen MR) is 96.6 cm³/mol. The molecule has 3 aromatic carbocycles. The van der Waals surface area contributed by atoms with Crippen LogP contribution in [0.1, 0.15) is 40.2 Å². The van der Waals surface area contributed by atoms with Gasteiger partial charge in [-0.05, 0) is 51.8 Å². The molecule has 3 aromatic rings. The Kier molecular flexibility index (Phi) is 2.78. The van der Waals surface area contributed by atoms with E-state index in [9.17, 15) is 0 Å². The van der Waals surface area contributed by atoms with Crippen molar-refractivity contribution in [2.75, 3.05) is 0 Å². The number of allylic oxidation sites excluding steroid dienone is 1. The third-order valence-corrected chi connectivity index (χ3v) is 5.17. The van der Waals surface area contributed by atoms with Crippen LogP contribution in [0.3, 0.4) is 0 Å². The van der Waals surface area contributed by atoms with Crippen molar-refractivity contribution < 1.29 is 0 Å².